The van der Waals surface area contributed by atoms with Crippen LogP contribution in [0.1, 0.15) is 43.4 Å². The predicted molar refractivity (Wildman–Crippen MR) is 108 cm³/mol. The van der Waals surface area contributed by atoms with E-state index < -0.39 is 26.3 Å². The van der Waals surface area contributed by atoms with Crippen LogP contribution >= 0.6 is 11.3 Å². The zero-order valence-electron chi connectivity index (χ0n) is 15.6. The second-order valence-corrected chi connectivity index (χ2v) is 10.9. The number of hydrogen-bond donors (Lipinski definition) is 0. The van der Waals surface area contributed by atoms with Gasteiger partial charge in [0, 0.05) is 18.0 Å². The number of halogens is 1. The third-order valence-corrected chi connectivity index (χ3v) is 9.52. The Morgan fingerprint density at radius 3 is 2.29 bits per heavy atom. The fourth-order valence-electron chi connectivity index (χ4n) is 4.58. The summed E-state index contributed by atoms with van der Waals surface area (Å²) in [7, 11) is -3.51. The molecular weight excluding hydrogens is 397 g/mol. The Hall–Kier alpha value is -1.73. The van der Waals surface area contributed by atoms with Crippen molar-refractivity contribution in [3.05, 3.63) is 52.5 Å². The van der Waals surface area contributed by atoms with Gasteiger partial charge in [-0.2, -0.15) is 0 Å². The number of thiophene rings is 1. The molecule has 1 saturated heterocycles. The van der Waals surface area contributed by atoms with Gasteiger partial charge in [-0.1, -0.05) is 18.9 Å². The summed E-state index contributed by atoms with van der Waals surface area (Å²) in [5.41, 5.74) is -0.420. The largest absolute Gasteiger partial charge is 0.342 e. The number of rotatable bonds is 4. The van der Waals surface area contributed by atoms with Crippen molar-refractivity contribution in [3.8, 4) is 0 Å². The molecule has 2 aliphatic rings. The maximum atomic E-state index is 13.4. The SMILES string of the molecule is O=C(N1CCC(S(=O)(=O)c2ccc(F)cc2)CC1)C1(c2cccs2)CCCC1. The van der Waals surface area contributed by atoms with Gasteiger partial charge in [-0.15, -0.1) is 11.3 Å². The van der Waals surface area contributed by atoms with E-state index in [-0.39, 0.29) is 10.8 Å². The van der Waals surface area contributed by atoms with Crippen LogP contribution in [-0.2, 0) is 20.0 Å². The van der Waals surface area contributed by atoms with Crippen molar-refractivity contribution in [1.29, 1.82) is 0 Å². The lowest BCUT2D eigenvalue weighted by Gasteiger charge is -2.38. The molecule has 0 bridgehead atoms. The minimum absolute atomic E-state index is 0.157. The van der Waals surface area contributed by atoms with Crippen LogP contribution in [0, 0.1) is 5.82 Å². The molecule has 2 fully saturated rings. The molecule has 0 unspecified atom stereocenters. The molecular formula is C21H24FNO3S2. The second-order valence-electron chi connectivity index (χ2n) is 7.76. The van der Waals surface area contributed by atoms with E-state index in [1.165, 1.54) is 24.3 Å². The van der Waals surface area contributed by atoms with Crippen LogP contribution in [0.4, 0.5) is 4.39 Å². The van der Waals surface area contributed by atoms with E-state index in [1.54, 1.807) is 11.3 Å². The lowest BCUT2D eigenvalue weighted by molar-refractivity contribution is -0.138. The van der Waals surface area contributed by atoms with Gasteiger partial charge in [0.15, 0.2) is 9.84 Å². The molecule has 2 heterocycles. The van der Waals surface area contributed by atoms with Crippen LogP contribution < -0.4 is 0 Å². The summed E-state index contributed by atoms with van der Waals surface area (Å²) >= 11 is 1.64. The summed E-state index contributed by atoms with van der Waals surface area (Å²) in [5, 5.41) is 1.49. The van der Waals surface area contributed by atoms with Crippen molar-refractivity contribution in [2.75, 3.05) is 13.1 Å². The third kappa shape index (κ3) is 3.39. The van der Waals surface area contributed by atoms with Crippen molar-refractivity contribution in [2.24, 2.45) is 0 Å². The Labute approximate surface area is 169 Å². The smallest absolute Gasteiger partial charge is 0.234 e. The third-order valence-electron chi connectivity index (χ3n) is 6.17. The van der Waals surface area contributed by atoms with Crippen LogP contribution in [-0.4, -0.2) is 37.6 Å². The highest BCUT2D eigenvalue weighted by Gasteiger charge is 2.46. The van der Waals surface area contributed by atoms with Crippen molar-refractivity contribution in [2.45, 2.75) is 54.1 Å². The van der Waals surface area contributed by atoms with E-state index in [0.717, 1.165) is 30.6 Å². The number of piperidine rings is 1. The Bertz CT molecular complexity index is 925. The van der Waals surface area contributed by atoms with Gasteiger partial charge in [-0.05, 0) is 61.4 Å². The molecule has 1 saturated carbocycles. The number of amides is 1. The molecule has 1 amide bonds. The minimum atomic E-state index is -3.51. The van der Waals surface area contributed by atoms with Crippen molar-refractivity contribution in [1.82, 2.24) is 4.90 Å². The van der Waals surface area contributed by atoms with Crippen molar-refractivity contribution >= 4 is 27.1 Å². The van der Waals surface area contributed by atoms with E-state index in [9.17, 15) is 17.6 Å². The summed E-state index contributed by atoms with van der Waals surface area (Å²) in [6, 6.07) is 9.06. The lowest BCUT2D eigenvalue weighted by atomic mass is 9.82. The van der Waals surface area contributed by atoms with Gasteiger partial charge >= 0.3 is 0 Å². The Kier molecular flexibility index (Phi) is 5.31. The zero-order chi connectivity index (χ0) is 19.8. The number of carbonyl (C=O) groups excluding carboxylic acids is 1. The van der Waals surface area contributed by atoms with Crippen LogP contribution in [0.15, 0.2) is 46.7 Å². The fraction of sp³-hybridized carbons (Fsp3) is 0.476. The van der Waals surface area contributed by atoms with Crippen molar-refractivity contribution < 1.29 is 17.6 Å². The van der Waals surface area contributed by atoms with Gasteiger partial charge in [0.1, 0.15) is 5.82 Å². The number of nitrogens with zero attached hydrogens (tertiary/aromatic N) is 1. The molecule has 1 aromatic heterocycles. The van der Waals surface area contributed by atoms with Gasteiger partial charge in [-0.25, -0.2) is 12.8 Å². The molecule has 7 heteroatoms. The summed E-state index contributed by atoms with van der Waals surface area (Å²) in [6.07, 6.45) is 4.70. The normalized spacial score (nSPS) is 20.4. The lowest BCUT2D eigenvalue weighted by Crippen LogP contribution is -2.50. The molecule has 4 rings (SSSR count). The monoisotopic (exact) mass is 421 g/mol. The molecule has 0 atom stereocenters. The highest BCUT2D eigenvalue weighted by Crippen LogP contribution is 2.45. The first-order valence-electron chi connectivity index (χ1n) is 9.76. The van der Waals surface area contributed by atoms with Gasteiger partial charge in [0.05, 0.1) is 15.6 Å². The molecule has 1 aromatic carbocycles. The highest BCUT2D eigenvalue weighted by molar-refractivity contribution is 7.92. The molecule has 1 aliphatic carbocycles. The van der Waals surface area contributed by atoms with Crippen LogP contribution in [0.25, 0.3) is 0 Å². The van der Waals surface area contributed by atoms with Crippen LogP contribution in [0.5, 0.6) is 0 Å². The summed E-state index contributed by atoms with van der Waals surface area (Å²) in [6.45, 7) is 0.911. The number of likely N-dealkylation sites (tertiary alicyclic amines) is 1. The van der Waals surface area contributed by atoms with Gasteiger partial charge in [0.25, 0.3) is 0 Å². The molecule has 0 N–H and O–H groups in total. The molecule has 28 heavy (non-hydrogen) atoms. The average Bonchev–Trinajstić information content (AvgIpc) is 3.40. The van der Waals surface area contributed by atoms with E-state index in [0.29, 0.717) is 25.9 Å². The standard InChI is InChI=1S/C21H24FNO3S2/c22-16-5-7-17(8-6-16)28(25,26)18-9-13-23(14-10-18)20(24)21(11-1-2-12-21)19-4-3-15-27-19/h3-8,15,18H,1-2,9-14H2. The molecule has 4 nitrogen and oxygen atoms in total. The van der Waals surface area contributed by atoms with Gasteiger partial charge in [-0.3, -0.25) is 4.79 Å². The molecule has 1 aliphatic heterocycles. The second kappa shape index (κ2) is 7.59. The van der Waals surface area contributed by atoms with Crippen LogP contribution in [0.2, 0.25) is 0 Å². The van der Waals surface area contributed by atoms with E-state index in [4.69, 9.17) is 0 Å². The first-order chi connectivity index (χ1) is 13.4. The molecule has 0 radical (unpaired) electrons. The Morgan fingerprint density at radius 1 is 1.07 bits per heavy atom. The highest BCUT2D eigenvalue weighted by atomic mass is 32.2. The minimum Gasteiger partial charge on any atom is -0.342 e. The number of carbonyl (C=O) groups is 1. The van der Waals surface area contributed by atoms with E-state index >= 15 is 0 Å². The molecule has 0 spiro atoms. The number of sulfone groups is 1. The molecule has 2 aromatic rings. The number of benzene rings is 1. The first-order valence-corrected chi connectivity index (χ1v) is 12.2. The topological polar surface area (TPSA) is 54.5 Å². The fourth-order valence-corrected chi connectivity index (χ4v) is 7.29. The van der Waals surface area contributed by atoms with Crippen molar-refractivity contribution in [3.63, 3.8) is 0 Å². The van der Waals surface area contributed by atoms with Gasteiger partial charge < -0.3 is 4.90 Å². The van der Waals surface area contributed by atoms with E-state index in [2.05, 4.69) is 6.07 Å². The maximum absolute atomic E-state index is 13.4. The number of hydrogen-bond acceptors (Lipinski definition) is 4. The quantitative estimate of drug-likeness (QED) is 0.697. The Balaban J connectivity index is 1.48. The van der Waals surface area contributed by atoms with Gasteiger partial charge in [0.2, 0.25) is 5.91 Å². The summed E-state index contributed by atoms with van der Waals surface area (Å²) in [5.74, 6) is -0.292. The summed E-state index contributed by atoms with van der Waals surface area (Å²) < 4.78 is 38.8. The average molecular weight is 422 g/mol. The molecule has 150 valence electrons. The first kappa shape index (κ1) is 19.6. The zero-order valence-corrected chi connectivity index (χ0v) is 17.3. The summed E-state index contributed by atoms with van der Waals surface area (Å²) in [4.78, 5) is 16.6. The van der Waals surface area contributed by atoms with Crippen LogP contribution in [0.3, 0.4) is 0 Å². The predicted octanol–water partition coefficient (Wildman–Crippen LogP) is 4.16. The van der Waals surface area contributed by atoms with E-state index in [1.807, 2.05) is 16.3 Å². The maximum Gasteiger partial charge on any atom is 0.234 e. The Morgan fingerprint density at radius 2 is 1.71 bits per heavy atom.